The van der Waals surface area contributed by atoms with Gasteiger partial charge in [0, 0.05) is 6.08 Å². The predicted octanol–water partition coefficient (Wildman–Crippen LogP) is 2.12. The summed E-state index contributed by atoms with van der Waals surface area (Å²) in [7, 11) is 0. The van der Waals surface area contributed by atoms with Crippen LogP contribution in [0.5, 0.6) is 11.5 Å². The van der Waals surface area contributed by atoms with Gasteiger partial charge in [0.2, 0.25) is 6.79 Å². The van der Waals surface area contributed by atoms with Gasteiger partial charge in [-0.05, 0) is 17.7 Å². The predicted molar refractivity (Wildman–Crippen MR) is 65.7 cm³/mol. The van der Waals surface area contributed by atoms with E-state index in [0.29, 0.717) is 5.75 Å². The molecule has 4 nitrogen and oxygen atoms in total. The van der Waals surface area contributed by atoms with E-state index in [1.165, 1.54) is 6.08 Å². The van der Waals surface area contributed by atoms with Crippen molar-refractivity contribution in [3.63, 3.8) is 0 Å². The zero-order valence-corrected chi connectivity index (χ0v) is 9.46. The molecule has 2 rings (SSSR count). The number of rotatable bonds is 3. The number of benzene rings is 1. The van der Waals surface area contributed by atoms with Crippen molar-refractivity contribution in [3.05, 3.63) is 42.0 Å². The number of esters is 1. The normalized spacial score (nSPS) is 12.8. The van der Waals surface area contributed by atoms with E-state index in [4.69, 9.17) is 15.9 Å². The lowest BCUT2D eigenvalue weighted by Crippen LogP contribution is -1.92. The Bertz CT molecular complexity index is 549. The third-order valence-electron chi connectivity index (χ3n) is 2.19. The summed E-state index contributed by atoms with van der Waals surface area (Å²) in [4.78, 5) is 10.9. The first-order valence-corrected chi connectivity index (χ1v) is 5.20. The van der Waals surface area contributed by atoms with Gasteiger partial charge in [0.25, 0.3) is 0 Å². The van der Waals surface area contributed by atoms with Crippen LogP contribution in [0.15, 0.2) is 36.4 Å². The Labute approximate surface area is 104 Å². The molecule has 0 atom stereocenters. The second-order valence-corrected chi connectivity index (χ2v) is 3.37. The van der Waals surface area contributed by atoms with Crippen LogP contribution in [0.25, 0.3) is 6.08 Å². The molecule has 1 heterocycles. The minimum absolute atomic E-state index is 0.250. The quantitative estimate of drug-likeness (QED) is 0.352. The Morgan fingerprint density at radius 3 is 3.00 bits per heavy atom. The number of allylic oxidation sites excluding steroid dienone is 2. The molecular weight excluding hydrogens is 232 g/mol. The summed E-state index contributed by atoms with van der Waals surface area (Å²) in [5.74, 6) is 0.876. The molecule has 1 aromatic carbocycles. The van der Waals surface area contributed by atoms with Gasteiger partial charge in [0.15, 0.2) is 11.5 Å². The molecule has 0 N–H and O–H groups in total. The van der Waals surface area contributed by atoms with Gasteiger partial charge in [-0.25, -0.2) is 4.79 Å². The lowest BCUT2D eigenvalue weighted by molar-refractivity contribution is -0.131. The van der Waals surface area contributed by atoms with E-state index in [2.05, 4.69) is 4.74 Å². The van der Waals surface area contributed by atoms with Crippen LogP contribution in [0, 0.1) is 12.5 Å². The van der Waals surface area contributed by atoms with E-state index in [-0.39, 0.29) is 6.79 Å². The number of hydrogen-bond donors (Lipinski definition) is 0. The van der Waals surface area contributed by atoms with Crippen LogP contribution in [0.1, 0.15) is 5.56 Å². The lowest BCUT2D eigenvalue weighted by Gasteiger charge is -1.96. The van der Waals surface area contributed by atoms with E-state index in [9.17, 15) is 4.79 Å². The number of ether oxygens (including phenoxy) is 3. The van der Waals surface area contributed by atoms with Gasteiger partial charge in [0.1, 0.15) is 6.11 Å². The maximum Gasteiger partial charge on any atom is 0.344 e. The van der Waals surface area contributed by atoms with Gasteiger partial charge in [-0.1, -0.05) is 30.7 Å². The van der Waals surface area contributed by atoms with E-state index in [1.807, 2.05) is 24.3 Å². The maximum atomic E-state index is 10.9. The highest BCUT2D eigenvalue weighted by Gasteiger charge is 2.11. The number of terminal acetylenes is 1. The summed E-state index contributed by atoms with van der Waals surface area (Å²) < 4.78 is 14.7. The van der Waals surface area contributed by atoms with Crippen LogP contribution in [0.2, 0.25) is 0 Å². The number of carbonyl (C=O) groups is 1. The van der Waals surface area contributed by atoms with Crippen molar-refractivity contribution in [2.24, 2.45) is 0 Å². The molecule has 18 heavy (non-hydrogen) atoms. The minimum atomic E-state index is -0.576. The highest BCUT2D eigenvalue weighted by atomic mass is 16.7. The molecule has 0 unspecified atom stereocenters. The van der Waals surface area contributed by atoms with Gasteiger partial charge in [-0.15, -0.1) is 0 Å². The second kappa shape index (κ2) is 5.60. The Morgan fingerprint density at radius 1 is 1.33 bits per heavy atom. The van der Waals surface area contributed by atoms with Crippen molar-refractivity contribution >= 4 is 12.0 Å². The van der Waals surface area contributed by atoms with Gasteiger partial charge in [-0.3, -0.25) is 0 Å². The first-order valence-electron chi connectivity index (χ1n) is 5.20. The molecular formula is C14H10O4. The zero-order valence-electron chi connectivity index (χ0n) is 9.46. The molecule has 0 radical (unpaired) electrons. The molecule has 0 aromatic heterocycles. The maximum absolute atomic E-state index is 10.9. The molecule has 0 amide bonds. The third-order valence-corrected chi connectivity index (χ3v) is 2.19. The molecule has 0 bridgehead atoms. The Hall–Kier alpha value is -2.67. The zero-order chi connectivity index (χ0) is 12.8. The molecule has 90 valence electrons. The average molecular weight is 242 g/mol. The van der Waals surface area contributed by atoms with Crippen molar-refractivity contribution in [3.8, 4) is 24.0 Å². The van der Waals surface area contributed by atoms with E-state index < -0.39 is 5.97 Å². The van der Waals surface area contributed by atoms with Gasteiger partial charge >= 0.3 is 5.97 Å². The molecule has 0 saturated carbocycles. The summed E-state index contributed by atoms with van der Waals surface area (Å²) in [6, 6.07) is 5.57. The fraction of sp³-hybridized carbons (Fsp3) is 0.0714. The van der Waals surface area contributed by atoms with Gasteiger partial charge in [-0.2, -0.15) is 0 Å². The topological polar surface area (TPSA) is 44.8 Å². The third kappa shape index (κ3) is 2.92. The molecule has 0 aliphatic carbocycles. The fourth-order valence-corrected chi connectivity index (χ4v) is 1.41. The first kappa shape index (κ1) is 11.8. The van der Waals surface area contributed by atoms with Crippen molar-refractivity contribution in [1.29, 1.82) is 0 Å². The van der Waals surface area contributed by atoms with Crippen LogP contribution < -0.4 is 9.47 Å². The summed E-state index contributed by atoms with van der Waals surface area (Å²) in [6.45, 7) is 0.250. The van der Waals surface area contributed by atoms with Gasteiger partial charge < -0.3 is 14.2 Å². The summed E-state index contributed by atoms with van der Waals surface area (Å²) in [5.41, 5.74) is 0.939. The van der Waals surface area contributed by atoms with Crippen molar-refractivity contribution in [2.45, 2.75) is 0 Å². The summed E-state index contributed by atoms with van der Waals surface area (Å²) in [5, 5.41) is 0. The van der Waals surface area contributed by atoms with Crippen LogP contribution in [0.4, 0.5) is 0 Å². The highest BCUT2D eigenvalue weighted by molar-refractivity contribution is 5.83. The van der Waals surface area contributed by atoms with Crippen LogP contribution in [-0.2, 0) is 9.53 Å². The monoisotopic (exact) mass is 242 g/mol. The molecule has 4 heteroatoms. The van der Waals surface area contributed by atoms with E-state index >= 15 is 0 Å². The SMILES string of the molecule is C#COC(=O)C=CC=Cc1ccc2c(c1)OCO2. The fourth-order valence-electron chi connectivity index (χ4n) is 1.41. The standard InChI is InChI=1S/C14H10O4/c1-2-16-14(15)6-4-3-5-11-7-8-12-13(9-11)18-10-17-12/h1,3-9H,10H2. The second-order valence-electron chi connectivity index (χ2n) is 3.37. The smallest absolute Gasteiger partial charge is 0.344 e. The number of carbonyl (C=O) groups excluding carboxylic acids is 1. The highest BCUT2D eigenvalue weighted by Crippen LogP contribution is 2.32. The van der Waals surface area contributed by atoms with Crippen LogP contribution in [-0.4, -0.2) is 12.8 Å². The van der Waals surface area contributed by atoms with Crippen LogP contribution >= 0.6 is 0 Å². The van der Waals surface area contributed by atoms with Crippen molar-refractivity contribution < 1.29 is 19.0 Å². The Balaban J connectivity index is 1.98. The van der Waals surface area contributed by atoms with Gasteiger partial charge in [0.05, 0.1) is 0 Å². The first-order chi connectivity index (χ1) is 8.79. The summed E-state index contributed by atoms with van der Waals surface area (Å²) >= 11 is 0. The van der Waals surface area contributed by atoms with E-state index in [0.717, 1.165) is 11.3 Å². The molecule has 0 fully saturated rings. The van der Waals surface area contributed by atoms with Crippen molar-refractivity contribution in [2.75, 3.05) is 6.79 Å². The lowest BCUT2D eigenvalue weighted by atomic mass is 10.2. The van der Waals surface area contributed by atoms with Crippen molar-refractivity contribution in [1.82, 2.24) is 0 Å². The largest absolute Gasteiger partial charge is 0.454 e. The number of fused-ring (bicyclic) bond motifs is 1. The van der Waals surface area contributed by atoms with Crippen LogP contribution in [0.3, 0.4) is 0 Å². The Morgan fingerprint density at radius 2 is 2.17 bits per heavy atom. The summed E-state index contributed by atoms with van der Waals surface area (Å²) in [6.07, 6.45) is 12.9. The molecule has 1 aromatic rings. The molecule has 1 aliphatic heterocycles. The molecule has 1 aliphatic rings. The average Bonchev–Trinajstić information content (AvgIpc) is 2.82. The number of hydrogen-bond acceptors (Lipinski definition) is 4. The molecule has 0 saturated heterocycles. The molecule has 0 spiro atoms. The van der Waals surface area contributed by atoms with E-state index in [1.54, 1.807) is 18.3 Å². The Kier molecular flexibility index (Phi) is 3.67. The minimum Gasteiger partial charge on any atom is -0.454 e.